The molecule has 56 valence electrons. The fraction of sp³-hybridized carbons (Fsp3) is 0.625. The summed E-state index contributed by atoms with van der Waals surface area (Å²) >= 11 is 0. The van der Waals surface area contributed by atoms with Gasteiger partial charge in [-0.1, -0.05) is 19.1 Å². The van der Waals surface area contributed by atoms with Crippen molar-refractivity contribution in [3.05, 3.63) is 12.2 Å². The molecular weight excluding hydrogens is 128 g/mol. The van der Waals surface area contributed by atoms with Crippen LogP contribution >= 0.6 is 0 Å². The van der Waals surface area contributed by atoms with E-state index in [-0.39, 0.29) is 0 Å². The monoisotopic (exact) mass is 140 g/mol. The average Bonchev–Trinajstić information content (AvgIpc) is 2.35. The highest BCUT2D eigenvalue weighted by Gasteiger charge is 2.35. The second-order valence-corrected chi connectivity index (χ2v) is 2.76. The lowest BCUT2D eigenvalue weighted by Gasteiger charge is -2.18. The number of carbonyl (C=O) groups is 1. The number of rotatable bonds is 2. The number of carboxylic acids is 1. The molecule has 0 aromatic heterocycles. The summed E-state index contributed by atoms with van der Waals surface area (Å²) in [5.74, 6) is -0.677. The third-order valence-electron chi connectivity index (χ3n) is 2.25. The molecule has 0 fully saturated rings. The first kappa shape index (κ1) is 7.32. The van der Waals surface area contributed by atoms with E-state index in [1.807, 2.05) is 19.1 Å². The molecule has 1 rings (SSSR count). The number of allylic oxidation sites excluding steroid dienone is 1. The predicted octanol–water partition coefficient (Wildman–Crippen LogP) is 1.82. The molecule has 0 spiro atoms. The smallest absolute Gasteiger partial charge is 0.313 e. The third-order valence-corrected chi connectivity index (χ3v) is 2.25. The van der Waals surface area contributed by atoms with Crippen LogP contribution in [0.1, 0.15) is 26.2 Å². The second kappa shape index (κ2) is 2.45. The molecule has 1 aliphatic rings. The van der Waals surface area contributed by atoms with E-state index in [9.17, 15) is 4.79 Å². The zero-order valence-electron chi connectivity index (χ0n) is 6.13. The molecule has 0 amide bonds. The van der Waals surface area contributed by atoms with Crippen molar-refractivity contribution in [2.75, 3.05) is 0 Å². The minimum absolute atomic E-state index is 0.528. The van der Waals surface area contributed by atoms with Gasteiger partial charge >= 0.3 is 5.97 Å². The largest absolute Gasteiger partial charge is 0.481 e. The molecule has 0 aromatic carbocycles. The van der Waals surface area contributed by atoms with Crippen LogP contribution in [0.4, 0.5) is 0 Å². The zero-order chi connectivity index (χ0) is 7.61. The van der Waals surface area contributed by atoms with Crippen molar-refractivity contribution >= 4 is 5.97 Å². The minimum Gasteiger partial charge on any atom is -0.481 e. The van der Waals surface area contributed by atoms with E-state index in [2.05, 4.69) is 0 Å². The van der Waals surface area contributed by atoms with Gasteiger partial charge < -0.3 is 5.11 Å². The maximum Gasteiger partial charge on any atom is 0.313 e. The summed E-state index contributed by atoms with van der Waals surface area (Å²) in [4.78, 5) is 10.7. The van der Waals surface area contributed by atoms with Crippen LogP contribution in [0.15, 0.2) is 12.2 Å². The van der Waals surface area contributed by atoms with Crippen molar-refractivity contribution in [3.8, 4) is 0 Å². The first-order valence-corrected chi connectivity index (χ1v) is 3.62. The number of hydrogen-bond acceptors (Lipinski definition) is 1. The maximum absolute atomic E-state index is 10.7. The van der Waals surface area contributed by atoms with Crippen LogP contribution < -0.4 is 0 Å². The van der Waals surface area contributed by atoms with E-state index in [1.165, 1.54) is 0 Å². The van der Waals surface area contributed by atoms with Gasteiger partial charge in [-0.25, -0.2) is 0 Å². The highest BCUT2D eigenvalue weighted by atomic mass is 16.4. The highest BCUT2D eigenvalue weighted by molar-refractivity contribution is 5.77. The maximum atomic E-state index is 10.7. The van der Waals surface area contributed by atoms with Gasteiger partial charge in [-0.2, -0.15) is 0 Å². The van der Waals surface area contributed by atoms with Gasteiger partial charge in [-0.15, -0.1) is 0 Å². The van der Waals surface area contributed by atoms with Crippen molar-refractivity contribution in [2.45, 2.75) is 26.2 Å². The molecule has 1 N–H and O–H groups in total. The van der Waals surface area contributed by atoms with E-state index >= 15 is 0 Å². The number of aliphatic carboxylic acids is 1. The fourth-order valence-electron chi connectivity index (χ4n) is 1.36. The predicted molar refractivity (Wildman–Crippen MR) is 38.7 cm³/mol. The summed E-state index contributed by atoms with van der Waals surface area (Å²) in [6, 6.07) is 0. The van der Waals surface area contributed by atoms with E-state index in [0.29, 0.717) is 6.42 Å². The standard InChI is InChI=1S/C8H12O2/c1-2-8(7(9)10)5-3-4-6-8/h3,5H,2,4,6H2,1H3,(H,9,10)/t8-/m1/s1. The molecule has 1 aliphatic carbocycles. The topological polar surface area (TPSA) is 37.3 Å². The molecular formula is C8H12O2. The van der Waals surface area contributed by atoms with Gasteiger partial charge in [0.15, 0.2) is 0 Å². The van der Waals surface area contributed by atoms with Crippen LogP contribution in [0, 0.1) is 5.41 Å². The molecule has 1 atom stereocenters. The lowest BCUT2D eigenvalue weighted by Crippen LogP contribution is -2.25. The normalized spacial score (nSPS) is 30.9. The Bertz CT molecular complexity index is 172. The Balaban J connectivity index is 2.78. The van der Waals surface area contributed by atoms with Crippen LogP contribution in [0.2, 0.25) is 0 Å². The number of carboxylic acid groups (broad SMARTS) is 1. The fourth-order valence-corrected chi connectivity index (χ4v) is 1.36. The molecule has 0 saturated carbocycles. The lowest BCUT2D eigenvalue weighted by atomic mass is 9.85. The molecule has 0 bridgehead atoms. The highest BCUT2D eigenvalue weighted by Crippen LogP contribution is 2.35. The molecule has 2 nitrogen and oxygen atoms in total. The summed E-state index contributed by atoms with van der Waals surface area (Å²) < 4.78 is 0. The van der Waals surface area contributed by atoms with E-state index in [0.717, 1.165) is 12.8 Å². The van der Waals surface area contributed by atoms with Gasteiger partial charge in [0.05, 0.1) is 5.41 Å². The molecule has 0 aliphatic heterocycles. The second-order valence-electron chi connectivity index (χ2n) is 2.76. The summed E-state index contributed by atoms with van der Waals surface area (Å²) in [5, 5.41) is 8.81. The summed E-state index contributed by atoms with van der Waals surface area (Å²) in [6.07, 6.45) is 6.19. The Morgan fingerprint density at radius 1 is 1.80 bits per heavy atom. The first-order valence-electron chi connectivity index (χ1n) is 3.62. The summed E-state index contributed by atoms with van der Waals surface area (Å²) in [5.41, 5.74) is -0.528. The molecule has 2 heteroatoms. The minimum atomic E-state index is -0.677. The Morgan fingerprint density at radius 2 is 2.50 bits per heavy atom. The molecule has 0 radical (unpaired) electrons. The van der Waals surface area contributed by atoms with E-state index in [1.54, 1.807) is 0 Å². The summed E-state index contributed by atoms with van der Waals surface area (Å²) in [6.45, 7) is 1.92. The van der Waals surface area contributed by atoms with Crippen LogP contribution in [0.5, 0.6) is 0 Å². The molecule has 0 heterocycles. The SMILES string of the molecule is CC[C@@]1(C(=O)O)C=CCC1. The van der Waals surface area contributed by atoms with Crippen LogP contribution in [-0.4, -0.2) is 11.1 Å². The van der Waals surface area contributed by atoms with Gasteiger partial charge in [0.1, 0.15) is 0 Å². The lowest BCUT2D eigenvalue weighted by molar-refractivity contribution is -0.146. The van der Waals surface area contributed by atoms with Gasteiger partial charge in [0.2, 0.25) is 0 Å². The van der Waals surface area contributed by atoms with Gasteiger partial charge in [0.25, 0.3) is 0 Å². The molecule has 10 heavy (non-hydrogen) atoms. The molecule has 0 saturated heterocycles. The first-order chi connectivity index (χ1) is 4.71. The van der Waals surface area contributed by atoms with E-state index in [4.69, 9.17) is 5.11 Å². The van der Waals surface area contributed by atoms with Crippen LogP contribution in [-0.2, 0) is 4.79 Å². The molecule has 0 aromatic rings. The van der Waals surface area contributed by atoms with Crippen molar-refractivity contribution < 1.29 is 9.90 Å². The average molecular weight is 140 g/mol. The third kappa shape index (κ3) is 0.939. The van der Waals surface area contributed by atoms with Gasteiger partial charge in [-0.05, 0) is 19.3 Å². The Kier molecular flexibility index (Phi) is 1.79. The quantitative estimate of drug-likeness (QED) is 0.594. The Labute approximate surface area is 60.6 Å². The number of hydrogen-bond donors (Lipinski definition) is 1. The zero-order valence-corrected chi connectivity index (χ0v) is 6.13. The van der Waals surface area contributed by atoms with E-state index < -0.39 is 11.4 Å². The van der Waals surface area contributed by atoms with Crippen molar-refractivity contribution in [2.24, 2.45) is 5.41 Å². The van der Waals surface area contributed by atoms with Crippen molar-refractivity contribution in [3.63, 3.8) is 0 Å². The van der Waals surface area contributed by atoms with Gasteiger partial charge in [-0.3, -0.25) is 4.79 Å². The molecule has 0 unspecified atom stereocenters. The van der Waals surface area contributed by atoms with Crippen LogP contribution in [0.3, 0.4) is 0 Å². The van der Waals surface area contributed by atoms with Crippen molar-refractivity contribution in [1.82, 2.24) is 0 Å². The Hall–Kier alpha value is -0.790. The van der Waals surface area contributed by atoms with Gasteiger partial charge in [0, 0.05) is 0 Å². The van der Waals surface area contributed by atoms with Crippen molar-refractivity contribution in [1.29, 1.82) is 0 Å². The van der Waals surface area contributed by atoms with Crippen LogP contribution in [0.25, 0.3) is 0 Å². The Morgan fingerprint density at radius 3 is 2.70 bits per heavy atom. The summed E-state index contributed by atoms with van der Waals surface area (Å²) in [7, 11) is 0.